The van der Waals surface area contributed by atoms with Gasteiger partial charge in [0, 0.05) is 25.2 Å². The first-order valence-corrected chi connectivity index (χ1v) is 9.55. The predicted octanol–water partition coefficient (Wildman–Crippen LogP) is 1.37. The monoisotopic (exact) mass is 372 g/mol. The number of carbonyl (C=O) groups is 1. The summed E-state index contributed by atoms with van der Waals surface area (Å²) >= 11 is 0. The molecule has 0 heterocycles. The van der Waals surface area contributed by atoms with E-state index < -0.39 is 10.0 Å². The molecule has 0 aliphatic carbocycles. The Hall–Kier alpha value is -2.89. The molecule has 0 atom stereocenters. The first-order valence-electron chi connectivity index (χ1n) is 8.01. The lowest BCUT2D eigenvalue weighted by Gasteiger charge is -2.08. The largest absolute Gasteiger partial charge is 0.385 e. The molecule has 2 aromatic carbocycles. The predicted molar refractivity (Wildman–Crippen MR) is 98.8 cm³/mol. The van der Waals surface area contributed by atoms with Gasteiger partial charge in [-0.1, -0.05) is 12.1 Å². The van der Waals surface area contributed by atoms with Crippen LogP contribution in [0.25, 0.3) is 0 Å². The smallest absolute Gasteiger partial charge is 0.238 e. The number of hydrogen-bond donors (Lipinski definition) is 3. The summed E-state index contributed by atoms with van der Waals surface area (Å²) < 4.78 is 22.4. The average Bonchev–Trinajstić information content (AvgIpc) is 2.62. The summed E-state index contributed by atoms with van der Waals surface area (Å²) in [6, 6.07) is 15.3. The number of benzene rings is 2. The molecule has 136 valence electrons. The zero-order valence-corrected chi connectivity index (χ0v) is 14.9. The minimum atomic E-state index is -3.68. The fourth-order valence-electron chi connectivity index (χ4n) is 2.26. The number of primary sulfonamides is 1. The molecule has 1 amide bonds. The van der Waals surface area contributed by atoms with Gasteiger partial charge in [-0.3, -0.25) is 4.79 Å². The number of nitrogens with one attached hydrogen (secondary N) is 2. The molecule has 7 nitrogen and oxygen atoms in total. The van der Waals surface area contributed by atoms with E-state index in [1.807, 2.05) is 6.07 Å². The second kappa shape index (κ2) is 8.99. The van der Waals surface area contributed by atoms with Crippen LogP contribution in [-0.4, -0.2) is 27.4 Å². The Morgan fingerprint density at radius 2 is 1.69 bits per heavy atom. The van der Waals surface area contributed by atoms with Crippen LogP contribution in [-0.2, 0) is 21.2 Å². The quantitative estimate of drug-likeness (QED) is 0.645. The summed E-state index contributed by atoms with van der Waals surface area (Å²) in [5.41, 5.74) is 2.35. The number of sulfonamides is 1. The Morgan fingerprint density at radius 3 is 2.27 bits per heavy atom. The molecule has 0 aliphatic rings. The second-order valence-electron chi connectivity index (χ2n) is 5.65. The molecule has 0 unspecified atom stereocenters. The number of nitrogens with zero attached hydrogens (tertiary/aromatic N) is 1. The van der Waals surface area contributed by atoms with E-state index in [2.05, 4.69) is 10.6 Å². The Kier molecular flexibility index (Phi) is 6.72. The molecule has 8 heteroatoms. The molecule has 0 radical (unpaired) electrons. The number of hydrogen-bond acceptors (Lipinski definition) is 5. The summed E-state index contributed by atoms with van der Waals surface area (Å²) in [6.45, 7) is 0.950. The van der Waals surface area contributed by atoms with Gasteiger partial charge in [-0.05, 0) is 48.4 Å². The van der Waals surface area contributed by atoms with Crippen molar-refractivity contribution in [3.8, 4) is 6.07 Å². The highest BCUT2D eigenvalue weighted by molar-refractivity contribution is 7.89. The van der Waals surface area contributed by atoms with Crippen LogP contribution in [0.1, 0.15) is 17.5 Å². The Labute approximate surface area is 152 Å². The fourth-order valence-corrected chi connectivity index (χ4v) is 2.78. The number of rotatable bonds is 8. The highest BCUT2D eigenvalue weighted by atomic mass is 32.2. The van der Waals surface area contributed by atoms with E-state index in [4.69, 9.17) is 10.4 Å². The molecule has 0 spiro atoms. The molecular weight excluding hydrogens is 352 g/mol. The summed E-state index contributed by atoms with van der Waals surface area (Å²) in [4.78, 5) is 11.9. The van der Waals surface area contributed by atoms with Crippen LogP contribution in [0.3, 0.4) is 0 Å². The lowest BCUT2D eigenvalue weighted by Crippen LogP contribution is -2.27. The molecule has 0 saturated heterocycles. The van der Waals surface area contributed by atoms with Crippen LogP contribution in [0.4, 0.5) is 5.69 Å². The molecule has 2 aromatic rings. The normalized spacial score (nSPS) is 10.8. The maximum absolute atomic E-state index is 11.8. The first-order chi connectivity index (χ1) is 12.4. The third-order valence-electron chi connectivity index (χ3n) is 3.68. The van der Waals surface area contributed by atoms with E-state index in [1.165, 1.54) is 12.1 Å². The van der Waals surface area contributed by atoms with Crippen LogP contribution in [0, 0.1) is 11.3 Å². The van der Waals surface area contributed by atoms with Gasteiger partial charge in [0.25, 0.3) is 0 Å². The van der Waals surface area contributed by atoms with Gasteiger partial charge in [0.1, 0.15) is 0 Å². The van der Waals surface area contributed by atoms with Crippen molar-refractivity contribution >= 4 is 21.6 Å². The minimum Gasteiger partial charge on any atom is -0.385 e. The van der Waals surface area contributed by atoms with Crippen molar-refractivity contribution < 1.29 is 13.2 Å². The van der Waals surface area contributed by atoms with Gasteiger partial charge in [0.05, 0.1) is 16.5 Å². The Bertz CT molecular complexity index is 886. The van der Waals surface area contributed by atoms with Crippen molar-refractivity contribution in [2.24, 2.45) is 5.14 Å². The summed E-state index contributed by atoms with van der Waals surface area (Å²) in [7, 11) is -3.68. The second-order valence-corrected chi connectivity index (χ2v) is 7.22. The molecule has 0 aromatic heterocycles. The number of carbonyl (C=O) groups excluding carboxylic acids is 1. The summed E-state index contributed by atoms with van der Waals surface area (Å²) in [5.74, 6) is -0.0766. The highest BCUT2D eigenvalue weighted by Gasteiger charge is 2.07. The van der Waals surface area contributed by atoms with Gasteiger partial charge >= 0.3 is 0 Å². The average molecular weight is 372 g/mol. The molecule has 26 heavy (non-hydrogen) atoms. The van der Waals surface area contributed by atoms with Gasteiger partial charge in [-0.25, -0.2) is 13.6 Å². The molecular formula is C18H20N4O3S. The van der Waals surface area contributed by atoms with Gasteiger partial charge in [0.2, 0.25) is 15.9 Å². The van der Waals surface area contributed by atoms with Crippen molar-refractivity contribution in [3.63, 3.8) is 0 Å². The lowest BCUT2D eigenvalue weighted by molar-refractivity contribution is -0.120. The van der Waals surface area contributed by atoms with Crippen molar-refractivity contribution in [2.45, 2.75) is 17.7 Å². The molecule has 2 rings (SSSR count). The third-order valence-corrected chi connectivity index (χ3v) is 4.61. The van der Waals surface area contributed by atoms with E-state index in [-0.39, 0.29) is 10.8 Å². The molecule has 0 bridgehead atoms. The van der Waals surface area contributed by atoms with Crippen LogP contribution >= 0.6 is 0 Å². The Balaban J connectivity index is 1.68. The van der Waals surface area contributed by atoms with Gasteiger partial charge < -0.3 is 10.6 Å². The maximum atomic E-state index is 11.8. The van der Waals surface area contributed by atoms with E-state index in [1.54, 1.807) is 36.4 Å². The molecule has 0 saturated carbocycles. The van der Waals surface area contributed by atoms with Crippen LogP contribution in [0.15, 0.2) is 53.4 Å². The summed E-state index contributed by atoms with van der Waals surface area (Å²) in [6.07, 6.45) is 0.921. The van der Waals surface area contributed by atoms with Crippen LogP contribution in [0.2, 0.25) is 0 Å². The standard InChI is InChI=1S/C18H20N4O3S/c19-13-15-1-5-16(6-2-15)21-12-10-18(23)22-11-9-14-3-7-17(8-4-14)26(20,24)25/h1-8,21H,9-12H2,(H,22,23)(H2,20,24,25). The summed E-state index contributed by atoms with van der Waals surface area (Å²) in [5, 5.41) is 19.7. The zero-order chi connectivity index (χ0) is 19.0. The fraction of sp³-hybridized carbons (Fsp3) is 0.222. The van der Waals surface area contributed by atoms with Crippen molar-refractivity contribution in [3.05, 3.63) is 59.7 Å². The minimum absolute atomic E-state index is 0.0687. The SMILES string of the molecule is N#Cc1ccc(NCCC(=O)NCCc2ccc(S(N)(=O)=O)cc2)cc1. The number of nitriles is 1. The van der Waals surface area contributed by atoms with Gasteiger partial charge in [-0.2, -0.15) is 5.26 Å². The third kappa shape index (κ3) is 6.20. The van der Waals surface area contributed by atoms with Crippen LogP contribution < -0.4 is 15.8 Å². The van der Waals surface area contributed by atoms with Crippen molar-refractivity contribution in [1.82, 2.24) is 5.32 Å². The maximum Gasteiger partial charge on any atom is 0.238 e. The first kappa shape index (κ1) is 19.4. The number of amides is 1. The van der Waals surface area contributed by atoms with Crippen molar-refractivity contribution in [2.75, 3.05) is 18.4 Å². The highest BCUT2D eigenvalue weighted by Crippen LogP contribution is 2.09. The van der Waals surface area contributed by atoms with Gasteiger partial charge in [-0.15, -0.1) is 0 Å². The van der Waals surface area contributed by atoms with E-state index in [9.17, 15) is 13.2 Å². The van der Waals surface area contributed by atoms with E-state index >= 15 is 0 Å². The zero-order valence-electron chi connectivity index (χ0n) is 14.1. The van der Waals surface area contributed by atoms with Crippen LogP contribution in [0.5, 0.6) is 0 Å². The molecule has 0 aliphatic heterocycles. The number of anilines is 1. The van der Waals surface area contributed by atoms with E-state index in [0.717, 1.165) is 11.3 Å². The lowest BCUT2D eigenvalue weighted by atomic mass is 10.1. The Morgan fingerprint density at radius 1 is 1.04 bits per heavy atom. The van der Waals surface area contributed by atoms with E-state index in [0.29, 0.717) is 31.5 Å². The van der Waals surface area contributed by atoms with Gasteiger partial charge in [0.15, 0.2) is 0 Å². The number of nitrogens with two attached hydrogens (primary N) is 1. The van der Waals surface area contributed by atoms with Crippen molar-refractivity contribution in [1.29, 1.82) is 5.26 Å². The molecule has 4 N–H and O–H groups in total. The molecule has 0 fully saturated rings. The topological polar surface area (TPSA) is 125 Å².